The van der Waals surface area contributed by atoms with Crippen LogP contribution in [0.3, 0.4) is 0 Å². The van der Waals surface area contributed by atoms with E-state index in [-0.39, 0.29) is 51.3 Å². The van der Waals surface area contributed by atoms with Crippen LogP contribution in [0, 0.1) is 5.92 Å². The van der Waals surface area contributed by atoms with Crippen LogP contribution in [0.2, 0.25) is 0 Å². The van der Waals surface area contributed by atoms with Gasteiger partial charge in [-0.05, 0) is 12.8 Å². The molecule has 12 heteroatoms. The second-order valence-electron chi connectivity index (χ2n) is 6.16. The van der Waals surface area contributed by atoms with Crippen LogP contribution in [0.4, 0.5) is 0 Å². The summed E-state index contributed by atoms with van der Waals surface area (Å²) in [6.07, 6.45) is 1.83. The van der Waals surface area contributed by atoms with Gasteiger partial charge in [0, 0.05) is 26.2 Å². The Labute approximate surface area is 148 Å². The molecule has 1 N–H and O–H groups in total. The maximum Gasteiger partial charge on any atom is 0.308 e. The zero-order valence-electron chi connectivity index (χ0n) is 14.4. The molecular formula is C13H25N3O7S2. The van der Waals surface area contributed by atoms with Crippen molar-refractivity contribution in [2.75, 3.05) is 52.8 Å². The molecule has 10 nitrogen and oxygen atoms in total. The van der Waals surface area contributed by atoms with E-state index in [1.165, 1.54) is 15.7 Å². The first kappa shape index (κ1) is 20.5. The molecule has 146 valence electrons. The molecule has 2 aliphatic rings. The van der Waals surface area contributed by atoms with Crippen LogP contribution in [0.25, 0.3) is 0 Å². The standard InChI is InChI=1S/C13H25N3O7S2/c1-22-13(17)11-3-5-15(6-4-11)25(20,21)16-7-8-23-10-12(16)9-14-24(2,18)19/h11-12,14H,3-10H2,1-2H3. The molecule has 0 radical (unpaired) electrons. The van der Waals surface area contributed by atoms with Gasteiger partial charge < -0.3 is 9.47 Å². The van der Waals surface area contributed by atoms with E-state index in [2.05, 4.69) is 4.72 Å². The summed E-state index contributed by atoms with van der Waals surface area (Å²) in [5.74, 6) is -0.609. The number of methoxy groups -OCH3 is 1. The molecule has 2 saturated heterocycles. The van der Waals surface area contributed by atoms with Gasteiger partial charge in [-0.25, -0.2) is 13.1 Å². The van der Waals surface area contributed by atoms with Crippen molar-refractivity contribution in [2.24, 2.45) is 5.92 Å². The molecule has 0 aromatic heterocycles. The summed E-state index contributed by atoms with van der Waals surface area (Å²) in [5.41, 5.74) is 0. The molecular weight excluding hydrogens is 374 g/mol. The predicted octanol–water partition coefficient (Wildman–Crippen LogP) is -1.63. The van der Waals surface area contributed by atoms with E-state index < -0.39 is 26.3 Å². The minimum Gasteiger partial charge on any atom is -0.469 e. The van der Waals surface area contributed by atoms with Crippen LogP contribution in [0.1, 0.15) is 12.8 Å². The van der Waals surface area contributed by atoms with E-state index in [1.807, 2.05) is 0 Å². The molecule has 2 aliphatic heterocycles. The van der Waals surface area contributed by atoms with Crippen molar-refractivity contribution in [1.82, 2.24) is 13.3 Å². The highest BCUT2D eigenvalue weighted by Crippen LogP contribution is 2.24. The van der Waals surface area contributed by atoms with E-state index in [4.69, 9.17) is 9.47 Å². The first-order valence-electron chi connectivity index (χ1n) is 8.02. The second-order valence-corrected chi connectivity index (χ2v) is 9.88. The van der Waals surface area contributed by atoms with Crippen molar-refractivity contribution in [1.29, 1.82) is 0 Å². The van der Waals surface area contributed by atoms with E-state index in [0.717, 1.165) is 6.26 Å². The molecule has 2 rings (SSSR count). The molecule has 1 atom stereocenters. The average molecular weight is 399 g/mol. The van der Waals surface area contributed by atoms with Crippen molar-refractivity contribution >= 4 is 26.2 Å². The summed E-state index contributed by atoms with van der Waals surface area (Å²) in [6.45, 7) is 0.955. The monoisotopic (exact) mass is 399 g/mol. The number of nitrogens with one attached hydrogen (secondary N) is 1. The summed E-state index contributed by atoms with van der Waals surface area (Å²) in [4.78, 5) is 11.6. The quantitative estimate of drug-likeness (QED) is 0.532. The average Bonchev–Trinajstić information content (AvgIpc) is 2.59. The fraction of sp³-hybridized carbons (Fsp3) is 0.923. The molecule has 0 aliphatic carbocycles. The highest BCUT2D eigenvalue weighted by atomic mass is 32.2. The zero-order chi connectivity index (χ0) is 18.7. The van der Waals surface area contributed by atoms with E-state index in [1.54, 1.807) is 0 Å². The molecule has 2 heterocycles. The highest BCUT2D eigenvalue weighted by molar-refractivity contribution is 7.88. The summed E-state index contributed by atoms with van der Waals surface area (Å²) >= 11 is 0. The van der Waals surface area contributed by atoms with Crippen LogP contribution in [0.15, 0.2) is 0 Å². The van der Waals surface area contributed by atoms with Crippen LogP contribution < -0.4 is 4.72 Å². The van der Waals surface area contributed by atoms with Gasteiger partial charge in [0.25, 0.3) is 10.2 Å². The van der Waals surface area contributed by atoms with Crippen molar-refractivity contribution < 1.29 is 31.1 Å². The first-order valence-corrected chi connectivity index (χ1v) is 11.3. The molecule has 1 unspecified atom stereocenters. The Bertz CT molecular complexity index is 672. The number of carbonyl (C=O) groups excluding carboxylic acids is 1. The van der Waals surface area contributed by atoms with Crippen LogP contribution in [-0.2, 0) is 34.5 Å². The fourth-order valence-corrected chi connectivity index (χ4v) is 5.27. The van der Waals surface area contributed by atoms with Gasteiger partial charge in [-0.2, -0.15) is 17.0 Å². The lowest BCUT2D eigenvalue weighted by atomic mass is 9.99. The number of hydrogen-bond donors (Lipinski definition) is 1. The van der Waals surface area contributed by atoms with Gasteiger partial charge in [0.05, 0.1) is 38.5 Å². The Balaban J connectivity index is 2.04. The molecule has 0 aromatic carbocycles. The normalized spacial score (nSPS) is 25.0. The zero-order valence-corrected chi connectivity index (χ0v) is 16.0. The van der Waals surface area contributed by atoms with Gasteiger partial charge in [0.15, 0.2) is 0 Å². The van der Waals surface area contributed by atoms with Gasteiger partial charge in [0.2, 0.25) is 10.0 Å². The molecule has 0 saturated carbocycles. The van der Waals surface area contributed by atoms with Crippen molar-refractivity contribution in [2.45, 2.75) is 18.9 Å². The van der Waals surface area contributed by atoms with Crippen molar-refractivity contribution in [3.05, 3.63) is 0 Å². The van der Waals surface area contributed by atoms with Gasteiger partial charge in [-0.15, -0.1) is 0 Å². The van der Waals surface area contributed by atoms with Gasteiger partial charge in [-0.1, -0.05) is 0 Å². The third-order valence-electron chi connectivity index (χ3n) is 4.37. The number of hydrogen-bond acceptors (Lipinski definition) is 7. The van der Waals surface area contributed by atoms with Crippen LogP contribution >= 0.6 is 0 Å². The predicted molar refractivity (Wildman–Crippen MR) is 89.4 cm³/mol. The topological polar surface area (TPSA) is 122 Å². The van der Waals surface area contributed by atoms with E-state index in [0.29, 0.717) is 12.8 Å². The molecule has 0 aromatic rings. The molecule has 2 fully saturated rings. The van der Waals surface area contributed by atoms with Crippen molar-refractivity contribution in [3.8, 4) is 0 Å². The highest BCUT2D eigenvalue weighted by Gasteiger charge is 2.39. The Kier molecular flexibility index (Phi) is 6.79. The number of sulfonamides is 1. The lowest BCUT2D eigenvalue weighted by molar-refractivity contribution is -0.146. The van der Waals surface area contributed by atoms with Gasteiger partial charge in [0.1, 0.15) is 0 Å². The number of carbonyl (C=O) groups is 1. The van der Waals surface area contributed by atoms with E-state index >= 15 is 0 Å². The first-order chi connectivity index (χ1) is 11.6. The van der Waals surface area contributed by atoms with E-state index in [9.17, 15) is 21.6 Å². The van der Waals surface area contributed by atoms with Gasteiger partial charge >= 0.3 is 5.97 Å². The summed E-state index contributed by atoms with van der Waals surface area (Å²) in [7, 11) is -5.87. The maximum absolute atomic E-state index is 12.9. The largest absolute Gasteiger partial charge is 0.469 e. The number of ether oxygens (including phenoxy) is 2. The Morgan fingerprint density at radius 2 is 1.84 bits per heavy atom. The number of morpholine rings is 1. The smallest absolute Gasteiger partial charge is 0.308 e. The maximum atomic E-state index is 12.9. The minimum absolute atomic E-state index is 0.0450. The number of rotatable bonds is 6. The number of piperidine rings is 1. The molecule has 25 heavy (non-hydrogen) atoms. The molecule has 0 bridgehead atoms. The van der Waals surface area contributed by atoms with Gasteiger partial charge in [-0.3, -0.25) is 4.79 Å². The molecule has 0 spiro atoms. The third kappa shape index (κ3) is 5.34. The number of nitrogens with zero attached hydrogens (tertiary/aromatic N) is 2. The Morgan fingerprint density at radius 1 is 1.20 bits per heavy atom. The summed E-state index contributed by atoms with van der Waals surface area (Å²) < 4.78 is 63.4. The summed E-state index contributed by atoms with van der Waals surface area (Å²) in [5, 5.41) is 0. The fourth-order valence-electron chi connectivity index (χ4n) is 2.99. The van der Waals surface area contributed by atoms with Crippen molar-refractivity contribution in [3.63, 3.8) is 0 Å². The van der Waals surface area contributed by atoms with Crippen LogP contribution in [0.5, 0.6) is 0 Å². The lowest BCUT2D eigenvalue weighted by Gasteiger charge is -2.39. The lowest BCUT2D eigenvalue weighted by Crippen LogP contribution is -2.58. The Hall–Kier alpha value is -0.790. The van der Waals surface area contributed by atoms with Crippen LogP contribution in [-0.4, -0.2) is 90.2 Å². The third-order valence-corrected chi connectivity index (χ3v) is 7.15. The second kappa shape index (κ2) is 8.27. The SMILES string of the molecule is COC(=O)C1CCN(S(=O)(=O)N2CCOCC2CNS(C)(=O)=O)CC1. The number of esters is 1. The Morgan fingerprint density at radius 3 is 2.40 bits per heavy atom. The minimum atomic E-state index is -3.76. The summed E-state index contributed by atoms with van der Waals surface area (Å²) in [6, 6.07) is -0.605. The molecule has 0 amide bonds.